The number of hydrogen-bond acceptors (Lipinski definition) is 6. The maximum Gasteiger partial charge on any atom is 0.416 e. The van der Waals surface area contributed by atoms with Crippen LogP contribution < -0.4 is 15.4 Å². The predicted molar refractivity (Wildman–Crippen MR) is 134 cm³/mol. The van der Waals surface area contributed by atoms with E-state index in [-0.39, 0.29) is 5.69 Å². The van der Waals surface area contributed by atoms with E-state index >= 15 is 0 Å². The second-order valence-corrected chi connectivity index (χ2v) is 8.34. The minimum atomic E-state index is -4.50. The van der Waals surface area contributed by atoms with Gasteiger partial charge >= 0.3 is 12.2 Å². The van der Waals surface area contributed by atoms with E-state index in [2.05, 4.69) is 25.6 Å². The van der Waals surface area contributed by atoms with E-state index in [1.54, 1.807) is 42.9 Å². The first-order valence-electron chi connectivity index (χ1n) is 11.6. The summed E-state index contributed by atoms with van der Waals surface area (Å²) in [5, 5.41) is 6.52. The van der Waals surface area contributed by atoms with Crippen LogP contribution in [-0.2, 0) is 19.3 Å². The summed E-state index contributed by atoms with van der Waals surface area (Å²) in [6.45, 7) is 2.06. The van der Waals surface area contributed by atoms with E-state index in [1.165, 1.54) is 29.2 Å². The number of nitrogens with one attached hydrogen (secondary N) is 2. The second kappa shape index (κ2) is 10.7. The average molecular weight is 522 g/mol. The monoisotopic (exact) mass is 521 g/mol. The molecule has 0 bridgehead atoms. The average Bonchev–Trinajstić information content (AvgIpc) is 3.56. The summed E-state index contributed by atoms with van der Waals surface area (Å²) in [5.41, 5.74) is 0.529. The molecule has 194 valence electrons. The lowest BCUT2D eigenvalue weighted by atomic mass is 10.2. The zero-order valence-corrected chi connectivity index (χ0v) is 19.9. The number of alkyl halides is 3. The molecule has 5 aromatic rings. The lowest BCUT2D eigenvalue weighted by Crippen LogP contribution is -2.19. The number of fused-ring (bicyclic) bond motifs is 1. The summed E-state index contributed by atoms with van der Waals surface area (Å²) in [4.78, 5) is 25.2. The van der Waals surface area contributed by atoms with Crippen LogP contribution in [0.1, 0.15) is 11.3 Å². The number of nitrogens with zero attached hydrogens (tertiary/aromatic N) is 5. The van der Waals surface area contributed by atoms with Crippen LogP contribution in [0.15, 0.2) is 85.8 Å². The van der Waals surface area contributed by atoms with Crippen molar-refractivity contribution in [2.24, 2.45) is 0 Å². The number of anilines is 1. The molecular weight excluding hydrogens is 499 g/mol. The molecule has 0 atom stereocenters. The molecule has 12 heteroatoms. The number of aromatic nitrogens is 5. The van der Waals surface area contributed by atoms with Crippen LogP contribution in [0, 0.1) is 0 Å². The van der Waals surface area contributed by atoms with Crippen LogP contribution in [-0.4, -0.2) is 36.7 Å². The van der Waals surface area contributed by atoms with Gasteiger partial charge < -0.3 is 19.9 Å². The normalized spacial score (nSPS) is 11.6. The van der Waals surface area contributed by atoms with Crippen molar-refractivity contribution in [3.63, 3.8) is 0 Å². The van der Waals surface area contributed by atoms with Gasteiger partial charge in [0, 0.05) is 55.4 Å². The molecule has 0 aliphatic heterocycles. The standard InChI is InChI=1S/C26H22F3N7O2/c27-26(28,29)19-2-1-3-20(13-19)34-25(37)36-9-6-18-12-22(4-5-23(18)36)38-24-14-21(32-16-33-24)15-30-7-10-35-11-8-31-17-35/h1-6,8-9,11-14,16-17,30H,7,10,15H2,(H,34,37). The third-order valence-electron chi connectivity index (χ3n) is 5.65. The van der Waals surface area contributed by atoms with Crippen LogP contribution >= 0.6 is 0 Å². The molecule has 9 nitrogen and oxygen atoms in total. The Bertz CT molecular complexity index is 1550. The zero-order valence-electron chi connectivity index (χ0n) is 19.9. The molecule has 0 unspecified atom stereocenters. The number of carbonyl (C=O) groups excluding carboxylic acids is 1. The van der Waals surface area contributed by atoms with E-state index in [9.17, 15) is 18.0 Å². The molecule has 0 spiro atoms. The first-order chi connectivity index (χ1) is 18.3. The molecule has 3 heterocycles. The van der Waals surface area contributed by atoms with Crippen LogP contribution in [0.5, 0.6) is 11.6 Å². The van der Waals surface area contributed by atoms with Gasteiger partial charge in [0.05, 0.1) is 23.1 Å². The summed E-state index contributed by atoms with van der Waals surface area (Å²) in [7, 11) is 0. The molecule has 2 aromatic carbocycles. The van der Waals surface area contributed by atoms with Gasteiger partial charge in [0.25, 0.3) is 0 Å². The lowest BCUT2D eigenvalue weighted by Gasteiger charge is -2.11. The Morgan fingerprint density at radius 1 is 1.03 bits per heavy atom. The Kier molecular flexibility index (Phi) is 7.05. The number of halogens is 3. The highest BCUT2D eigenvalue weighted by atomic mass is 19.4. The molecule has 38 heavy (non-hydrogen) atoms. The Morgan fingerprint density at radius 3 is 2.74 bits per heavy atom. The largest absolute Gasteiger partial charge is 0.439 e. The molecule has 2 N–H and O–H groups in total. The van der Waals surface area contributed by atoms with Gasteiger partial charge in [-0.15, -0.1) is 0 Å². The van der Waals surface area contributed by atoms with E-state index in [4.69, 9.17) is 4.74 Å². The predicted octanol–water partition coefficient (Wildman–Crippen LogP) is 5.31. The zero-order chi connectivity index (χ0) is 26.5. The van der Waals surface area contributed by atoms with Crippen molar-refractivity contribution in [1.82, 2.24) is 29.4 Å². The molecule has 1 amide bonds. The summed E-state index contributed by atoms with van der Waals surface area (Å²) >= 11 is 0. The van der Waals surface area contributed by atoms with E-state index in [1.807, 2.05) is 10.8 Å². The second-order valence-electron chi connectivity index (χ2n) is 8.34. The number of amides is 1. The van der Waals surface area contributed by atoms with Gasteiger partial charge in [0.15, 0.2) is 0 Å². The lowest BCUT2D eigenvalue weighted by molar-refractivity contribution is -0.137. The van der Waals surface area contributed by atoms with Crippen molar-refractivity contribution in [1.29, 1.82) is 0 Å². The van der Waals surface area contributed by atoms with Crippen molar-refractivity contribution < 1.29 is 22.7 Å². The van der Waals surface area contributed by atoms with Crippen LogP contribution in [0.4, 0.5) is 23.7 Å². The molecule has 0 fully saturated rings. The van der Waals surface area contributed by atoms with Gasteiger partial charge in [0.2, 0.25) is 5.88 Å². The number of ether oxygens (including phenoxy) is 1. The van der Waals surface area contributed by atoms with Crippen molar-refractivity contribution in [3.05, 3.63) is 97.1 Å². The minimum Gasteiger partial charge on any atom is -0.439 e. The van der Waals surface area contributed by atoms with Crippen LogP contribution in [0.3, 0.4) is 0 Å². The fraction of sp³-hybridized carbons (Fsp3) is 0.154. The minimum absolute atomic E-state index is 0.0439. The maximum absolute atomic E-state index is 13.0. The number of carbonyl (C=O) groups is 1. The highest BCUT2D eigenvalue weighted by molar-refractivity contribution is 5.98. The Labute approximate surface area is 214 Å². The molecule has 0 saturated carbocycles. The fourth-order valence-electron chi connectivity index (χ4n) is 3.81. The summed E-state index contributed by atoms with van der Waals surface area (Å²) in [5.74, 6) is 0.874. The quantitative estimate of drug-likeness (QED) is 0.269. The first-order valence-corrected chi connectivity index (χ1v) is 11.6. The smallest absolute Gasteiger partial charge is 0.416 e. The van der Waals surface area contributed by atoms with Crippen molar-refractivity contribution in [3.8, 4) is 11.6 Å². The summed E-state index contributed by atoms with van der Waals surface area (Å²) < 4.78 is 48.1. The maximum atomic E-state index is 13.0. The van der Waals surface area contributed by atoms with Gasteiger partial charge in [-0.1, -0.05) is 6.07 Å². The highest BCUT2D eigenvalue weighted by Crippen LogP contribution is 2.31. The van der Waals surface area contributed by atoms with Gasteiger partial charge in [0.1, 0.15) is 12.1 Å². The molecule has 5 rings (SSSR count). The third-order valence-corrected chi connectivity index (χ3v) is 5.65. The number of hydrogen-bond donors (Lipinski definition) is 2. The van der Waals surface area contributed by atoms with E-state index < -0.39 is 17.8 Å². The van der Waals surface area contributed by atoms with Gasteiger partial charge in [-0.3, -0.25) is 4.57 Å². The molecule has 0 radical (unpaired) electrons. The van der Waals surface area contributed by atoms with Gasteiger partial charge in [-0.05, 0) is 42.5 Å². The Morgan fingerprint density at radius 2 is 1.92 bits per heavy atom. The van der Waals surface area contributed by atoms with Crippen molar-refractivity contribution >= 4 is 22.6 Å². The molecule has 0 aliphatic carbocycles. The number of benzene rings is 2. The summed E-state index contributed by atoms with van der Waals surface area (Å²) in [6, 6.07) is 12.5. The molecule has 3 aromatic heterocycles. The Hall–Kier alpha value is -4.71. The van der Waals surface area contributed by atoms with Crippen LogP contribution in [0.25, 0.3) is 10.9 Å². The summed E-state index contributed by atoms with van der Waals surface area (Å²) in [6.07, 6.45) is 3.85. The number of imidazole rings is 1. The fourth-order valence-corrected chi connectivity index (χ4v) is 3.81. The SMILES string of the molecule is O=C(Nc1cccc(C(F)(F)F)c1)n1ccc2cc(Oc3cc(CNCCn4ccnc4)ncn3)ccc21. The van der Waals surface area contributed by atoms with Crippen LogP contribution in [0.2, 0.25) is 0 Å². The molecule has 0 saturated heterocycles. The van der Waals surface area contributed by atoms with Crippen molar-refractivity contribution in [2.45, 2.75) is 19.3 Å². The molecular formula is C26H22F3N7O2. The highest BCUT2D eigenvalue weighted by Gasteiger charge is 2.30. The van der Waals surface area contributed by atoms with Gasteiger partial charge in [-0.25, -0.2) is 19.7 Å². The van der Waals surface area contributed by atoms with Gasteiger partial charge in [-0.2, -0.15) is 13.2 Å². The number of rotatable bonds is 8. The Balaban J connectivity index is 1.22. The van der Waals surface area contributed by atoms with Crippen molar-refractivity contribution in [2.75, 3.05) is 11.9 Å². The first kappa shape index (κ1) is 25.0. The topological polar surface area (TPSA) is 98.9 Å². The van der Waals surface area contributed by atoms with E-state index in [0.29, 0.717) is 29.1 Å². The molecule has 0 aliphatic rings. The third kappa shape index (κ3) is 5.98. The van der Waals surface area contributed by atoms with E-state index in [0.717, 1.165) is 30.9 Å².